The van der Waals surface area contributed by atoms with E-state index in [2.05, 4.69) is 11.4 Å². The Hall–Kier alpha value is -1.75. The van der Waals surface area contributed by atoms with E-state index in [4.69, 9.17) is 20.8 Å². The highest BCUT2D eigenvalue weighted by molar-refractivity contribution is 6.30. The topological polar surface area (TPSA) is 54.6 Å². The summed E-state index contributed by atoms with van der Waals surface area (Å²) in [4.78, 5) is 0. The standard InChI is InChI=1S/C18H20ClNO3/c1-12(7-16(21)18-3-2-6-22-18)20-10-13-8-14-9-15(19)4-5-17(14)23-11-13/h2-6,8-9,12,16,20-21H,7,10-11H2,1H3. The number of ether oxygens (including phenoxy) is 1. The van der Waals surface area contributed by atoms with Crippen molar-refractivity contribution in [2.24, 2.45) is 0 Å². The van der Waals surface area contributed by atoms with Gasteiger partial charge in [-0.05, 0) is 55.3 Å². The lowest BCUT2D eigenvalue weighted by atomic mass is 10.1. The Morgan fingerprint density at radius 2 is 2.22 bits per heavy atom. The second-order valence-corrected chi connectivity index (χ2v) is 6.26. The molecule has 1 aliphatic heterocycles. The molecule has 2 N–H and O–H groups in total. The van der Waals surface area contributed by atoms with Crippen LogP contribution in [0.3, 0.4) is 0 Å². The van der Waals surface area contributed by atoms with Crippen LogP contribution >= 0.6 is 11.6 Å². The van der Waals surface area contributed by atoms with Gasteiger partial charge < -0.3 is 19.6 Å². The quantitative estimate of drug-likeness (QED) is 0.844. The van der Waals surface area contributed by atoms with Crippen molar-refractivity contribution < 1.29 is 14.3 Å². The zero-order valence-corrected chi connectivity index (χ0v) is 13.7. The van der Waals surface area contributed by atoms with Gasteiger partial charge in [-0.1, -0.05) is 11.6 Å². The van der Waals surface area contributed by atoms with E-state index in [9.17, 15) is 5.11 Å². The number of hydrogen-bond acceptors (Lipinski definition) is 4. The summed E-state index contributed by atoms with van der Waals surface area (Å²) in [5.74, 6) is 1.46. The molecule has 2 atom stereocenters. The highest BCUT2D eigenvalue weighted by atomic mass is 35.5. The van der Waals surface area contributed by atoms with Crippen LogP contribution in [0.4, 0.5) is 0 Å². The highest BCUT2D eigenvalue weighted by Gasteiger charge is 2.16. The maximum atomic E-state index is 10.1. The van der Waals surface area contributed by atoms with Gasteiger partial charge in [-0.3, -0.25) is 0 Å². The minimum absolute atomic E-state index is 0.150. The third-order valence-electron chi connectivity index (χ3n) is 3.87. The maximum Gasteiger partial charge on any atom is 0.132 e. The van der Waals surface area contributed by atoms with Crippen molar-refractivity contribution in [1.82, 2.24) is 5.32 Å². The van der Waals surface area contributed by atoms with Crippen molar-refractivity contribution in [3.8, 4) is 5.75 Å². The normalized spacial score (nSPS) is 16.2. The average molecular weight is 334 g/mol. The van der Waals surface area contributed by atoms with Crippen molar-refractivity contribution in [2.45, 2.75) is 25.5 Å². The molecular formula is C18H20ClNO3. The first kappa shape index (κ1) is 16.1. The molecule has 1 aromatic heterocycles. The van der Waals surface area contributed by atoms with E-state index in [1.165, 1.54) is 0 Å². The van der Waals surface area contributed by atoms with Gasteiger partial charge in [-0.2, -0.15) is 0 Å². The van der Waals surface area contributed by atoms with Crippen LogP contribution in [0, 0.1) is 0 Å². The van der Waals surface area contributed by atoms with Gasteiger partial charge in [0, 0.05) is 23.2 Å². The largest absolute Gasteiger partial charge is 0.489 e. The molecule has 4 nitrogen and oxygen atoms in total. The number of halogens is 1. The van der Waals surface area contributed by atoms with Gasteiger partial charge >= 0.3 is 0 Å². The third-order valence-corrected chi connectivity index (χ3v) is 4.11. The molecule has 5 heteroatoms. The molecule has 0 amide bonds. The van der Waals surface area contributed by atoms with Gasteiger partial charge in [0.25, 0.3) is 0 Å². The molecule has 122 valence electrons. The molecule has 2 unspecified atom stereocenters. The highest BCUT2D eigenvalue weighted by Crippen LogP contribution is 2.28. The molecular weight excluding hydrogens is 314 g/mol. The Labute approximate surface area is 140 Å². The first-order chi connectivity index (χ1) is 11.1. The fraction of sp³-hybridized carbons (Fsp3) is 0.333. The predicted octanol–water partition coefficient (Wildman–Crippen LogP) is 3.81. The Bertz CT molecular complexity index is 682. The van der Waals surface area contributed by atoms with E-state index in [1.54, 1.807) is 18.4 Å². The van der Waals surface area contributed by atoms with Gasteiger partial charge in [-0.25, -0.2) is 0 Å². The summed E-state index contributed by atoms with van der Waals surface area (Å²) < 4.78 is 11.0. The van der Waals surface area contributed by atoms with Crippen LogP contribution in [0.2, 0.25) is 5.02 Å². The average Bonchev–Trinajstić information content (AvgIpc) is 3.07. The summed E-state index contributed by atoms with van der Waals surface area (Å²) in [7, 11) is 0. The van der Waals surface area contributed by atoms with Crippen molar-refractivity contribution >= 4 is 17.7 Å². The van der Waals surface area contributed by atoms with E-state index in [-0.39, 0.29) is 6.04 Å². The third kappa shape index (κ3) is 4.16. The lowest BCUT2D eigenvalue weighted by molar-refractivity contribution is 0.129. The zero-order valence-electron chi connectivity index (χ0n) is 13.0. The van der Waals surface area contributed by atoms with E-state index in [1.807, 2.05) is 25.1 Å². The first-order valence-corrected chi connectivity index (χ1v) is 8.06. The van der Waals surface area contributed by atoms with Gasteiger partial charge in [0.05, 0.1) is 6.26 Å². The Balaban J connectivity index is 1.54. The second-order valence-electron chi connectivity index (χ2n) is 5.82. The summed E-state index contributed by atoms with van der Waals surface area (Å²) >= 11 is 6.02. The number of furan rings is 1. The fourth-order valence-electron chi connectivity index (χ4n) is 2.62. The molecule has 0 saturated carbocycles. The lowest BCUT2D eigenvalue weighted by Crippen LogP contribution is -2.31. The summed E-state index contributed by atoms with van der Waals surface area (Å²) in [5, 5.41) is 14.2. The Kier molecular flexibility index (Phi) is 5.06. The molecule has 23 heavy (non-hydrogen) atoms. The van der Waals surface area contributed by atoms with E-state index >= 15 is 0 Å². The molecule has 0 fully saturated rings. The van der Waals surface area contributed by atoms with Crippen molar-refractivity contribution in [2.75, 3.05) is 13.2 Å². The monoisotopic (exact) mass is 333 g/mol. The van der Waals surface area contributed by atoms with E-state index in [0.29, 0.717) is 30.4 Å². The summed E-state index contributed by atoms with van der Waals surface area (Å²) in [6.45, 7) is 3.31. The number of benzene rings is 1. The Morgan fingerprint density at radius 1 is 1.35 bits per heavy atom. The van der Waals surface area contributed by atoms with Crippen LogP contribution in [0.1, 0.15) is 30.8 Å². The minimum atomic E-state index is -0.594. The van der Waals surface area contributed by atoms with Crippen LogP contribution in [0.25, 0.3) is 6.08 Å². The van der Waals surface area contributed by atoms with E-state index < -0.39 is 6.10 Å². The molecule has 1 aromatic carbocycles. The summed E-state index contributed by atoms with van der Waals surface area (Å²) in [5.41, 5.74) is 2.16. The number of rotatable bonds is 6. The van der Waals surface area contributed by atoms with Crippen molar-refractivity contribution in [3.05, 3.63) is 58.5 Å². The zero-order chi connectivity index (χ0) is 16.2. The molecule has 0 spiro atoms. The SMILES string of the molecule is CC(CC(O)c1ccco1)NCC1=Cc2cc(Cl)ccc2OC1. The lowest BCUT2D eigenvalue weighted by Gasteiger charge is -2.21. The van der Waals surface area contributed by atoms with Crippen LogP contribution in [-0.2, 0) is 0 Å². The molecule has 1 aliphatic rings. The molecule has 0 aliphatic carbocycles. The molecule has 0 saturated heterocycles. The number of nitrogens with one attached hydrogen (secondary N) is 1. The molecule has 0 radical (unpaired) electrons. The van der Waals surface area contributed by atoms with E-state index in [0.717, 1.165) is 16.9 Å². The van der Waals surface area contributed by atoms with Gasteiger partial charge in [-0.15, -0.1) is 0 Å². The van der Waals surface area contributed by atoms with Gasteiger partial charge in [0.1, 0.15) is 24.2 Å². The van der Waals surface area contributed by atoms with Crippen LogP contribution in [0.5, 0.6) is 5.75 Å². The fourth-order valence-corrected chi connectivity index (χ4v) is 2.80. The summed E-state index contributed by atoms with van der Waals surface area (Å²) in [6, 6.07) is 9.34. The maximum absolute atomic E-state index is 10.1. The van der Waals surface area contributed by atoms with Gasteiger partial charge in [0.15, 0.2) is 0 Å². The van der Waals surface area contributed by atoms with Crippen LogP contribution < -0.4 is 10.1 Å². The minimum Gasteiger partial charge on any atom is -0.489 e. The number of hydrogen-bond donors (Lipinski definition) is 2. The molecule has 2 heterocycles. The molecule has 0 bridgehead atoms. The smallest absolute Gasteiger partial charge is 0.132 e. The number of aliphatic hydroxyl groups is 1. The second kappa shape index (κ2) is 7.21. The van der Waals surface area contributed by atoms with Gasteiger partial charge in [0.2, 0.25) is 0 Å². The summed E-state index contributed by atoms with van der Waals surface area (Å²) in [6.07, 6.45) is 3.67. The van der Waals surface area contributed by atoms with Crippen LogP contribution in [-0.4, -0.2) is 24.3 Å². The van der Waals surface area contributed by atoms with Crippen LogP contribution in [0.15, 0.2) is 46.6 Å². The van der Waals surface area contributed by atoms with Crippen molar-refractivity contribution in [3.63, 3.8) is 0 Å². The first-order valence-electron chi connectivity index (χ1n) is 7.68. The molecule has 3 rings (SSSR count). The number of aliphatic hydroxyl groups excluding tert-OH is 1. The number of fused-ring (bicyclic) bond motifs is 1. The Morgan fingerprint density at radius 3 is 3.00 bits per heavy atom. The molecule has 2 aromatic rings. The predicted molar refractivity (Wildman–Crippen MR) is 90.7 cm³/mol. The van der Waals surface area contributed by atoms with Crippen molar-refractivity contribution in [1.29, 1.82) is 0 Å².